The molecule has 2 bridgehead atoms. The summed E-state index contributed by atoms with van der Waals surface area (Å²) in [6, 6.07) is 9.28. The summed E-state index contributed by atoms with van der Waals surface area (Å²) in [7, 11) is 0. The molecule has 4 aliphatic carbocycles. The number of ketones is 1. The van der Waals surface area contributed by atoms with E-state index in [-0.39, 0.29) is 18.6 Å². The van der Waals surface area contributed by atoms with Gasteiger partial charge < -0.3 is 24.8 Å². The molecular weight excluding hydrogens is 500 g/mol. The lowest BCUT2D eigenvalue weighted by Crippen LogP contribution is -2.65. The van der Waals surface area contributed by atoms with Gasteiger partial charge in [-0.2, -0.15) is 0 Å². The summed E-state index contributed by atoms with van der Waals surface area (Å²) < 4.78 is 11.7. The number of hydrogen-bond donors (Lipinski definition) is 3. The number of Topliss-reactive ketones (excluding diaryl/α,β-unsaturated/α-hetero) is 1. The summed E-state index contributed by atoms with van der Waals surface area (Å²) in [5.74, 6) is -2.35. The van der Waals surface area contributed by atoms with Gasteiger partial charge in [-0.25, -0.2) is 4.79 Å². The van der Waals surface area contributed by atoms with Crippen molar-refractivity contribution in [2.75, 3.05) is 0 Å². The molecule has 8 heteroatoms. The van der Waals surface area contributed by atoms with Crippen molar-refractivity contribution >= 4 is 23.8 Å². The second kappa shape index (κ2) is 8.59. The third kappa shape index (κ3) is 3.03. The summed E-state index contributed by atoms with van der Waals surface area (Å²) in [5.41, 5.74) is -6.02. The predicted molar refractivity (Wildman–Crippen MR) is 142 cm³/mol. The molecule has 2 spiro atoms. The molecule has 1 aromatic carbocycles. The number of benzene rings is 1. The lowest BCUT2D eigenvalue weighted by Gasteiger charge is -2.60. The first-order valence-corrected chi connectivity index (χ1v) is 13.6. The minimum Gasteiger partial charge on any atom is -0.459 e. The van der Waals surface area contributed by atoms with Gasteiger partial charge in [0, 0.05) is 47.0 Å². The smallest absolute Gasteiger partial charge is 0.331 e. The third-order valence-electron chi connectivity index (χ3n) is 11.1. The summed E-state index contributed by atoms with van der Waals surface area (Å²) in [6.45, 7) is 12.6. The first-order chi connectivity index (χ1) is 18.1. The van der Waals surface area contributed by atoms with Crippen LogP contribution < -0.4 is 0 Å². The Kier molecular flexibility index (Phi) is 6.11. The number of carbonyl (C=O) groups excluding carboxylic acids is 3. The molecule has 4 saturated carbocycles. The van der Waals surface area contributed by atoms with E-state index in [1.54, 1.807) is 33.8 Å². The zero-order chi connectivity index (χ0) is 28.8. The fourth-order valence-corrected chi connectivity index (χ4v) is 9.46. The van der Waals surface area contributed by atoms with E-state index in [0.29, 0.717) is 12.0 Å². The average Bonchev–Trinajstić information content (AvgIpc) is 3.09. The number of fused-ring (bicyclic) bond motifs is 1. The fraction of sp³-hybridized carbons (Fsp3) is 0.581. The van der Waals surface area contributed by atoms with Crippen LogP contribution in [0.25, 0.3) is 6.08 Å². The van der Waals surface area contributed by atoms with Crippen LogP contribution in [0.5, 0.6) is 0 Å². The Morgan fingerprint density at radius 2 is 1.74 bits per heavy atom. The van der Waals surface area contributed by atoms with Crippen LogP contribution in [-0.2, 0) is 23.9 Å². The standard InChI is InChI=1S/C31H38O8/c1-17-21(33)16-29(37)26(36)31-18(2)22(39-23(34)13-12-20-10-8-7-9-11-20)14-15-28(31,6)24(35)25(38-19(3)32)30(17,31)27(29,4)5/h7-13,17,22,24-26,35-37H,2,14-16H2,1,3-6H3/b13-12+/t17-,22+,24+,25+,26-,28+,29-,30+,31-/m1/s1. The topological polar surface area (TPSA) is 130 Å². The molecule has 0 amide bonds. The summed E-state index contributed by atoms with van der Waals surface area (Å²) in [4.78, 5) is 38.9. The van der Waals surface area contributed by atoms with Gasteiger partial charge in [0.15, 0.2) is 0 Å². The Balaban J connectivity index is 1.66. The molecule has 0 unspecified atom stereocenters. The number of aliphatic hydroxyl groups excluding tert-OH is 2. The summed E-state index contributed by atoms with van der Waals surface area (Å²) >= 11 is 0. The normalized spacial score (nSPS) is 44.2. The Hall–Kier alpha value is -2.81. The third-order valence-corrected chi connectivity index (χ3v) is 11.1. The van der Waals surface area contributed by atoms with Crippen molar-refractivity contribution in [2.45, 2.75) is 83.9 Å². The number of ether oxygens (including phenoxy) is 2. The molecule has 1 aromatic rings. The van der Waals surface area contributed by atoms with Gasteiger partial charge in [0.05, 0.1) is 12.2 Å². The molecule has 5 rings (SSSR count). The van der Waals surface area contributed by atoms with E-state index in [2.05, 4.69) is 6.58 Å². The summed E-state index contributed by atoms with van der Waals surface area (Å²) in [6.07, 6.45) is -1.62. The van der Waals surface area contributed by atoms with Gasteiger partial charge in [0.25, 0.3) is 0 Å². The molecule has 0 saturated heterocycles. The van der Waals surface area contributed by atoms with Crippen molar-refractivity contribution in [2.24, 2.45) is 27.6 Å². The van der Waals surface area contributed by atoms with Crippen LogP contribution in [0.1, 0.15) is 59.4 Å². The maximum Gasteiger partial charge on any atom is 0.331 e. The molecule has 3 N–H and O–H groups in total. The molecule has 4 aliphatic rings. The highest BCUT2D eigenvalue weighted by Crippen LogP contribution is 2.86. The second-order valence-corrected chi connectivity index (χ2v) is 12.6. The minimum absolute atomic E-state index is 0.275. The molecule has 9 atom stereocenters. The molecule has 0 aliphatic heterocycles. The Bertz CT molecular complexity index is 1270. The van der Waals surface area contributed by atoms with Crippen LogP contribution in [0.2, 0.25) is 0 Å². The molecule has 8 nitrogen and oxygen atoms in total. The van der Waals surface area contributed by atoms with Crippen molar-refractivity contribution in [1.29, 1.82) is 0 Å². The number of rotatable bonds is 4. The molecule has 4 fully saturated rings. The van der Waals surface area contributed by atoms with Crippen LogP contribution in [-0.4, -0.2) is 63.1 Å². The van der Waals surface area contributed by atoms with E-state index in [9.17, 15) is 29.7 Å². The van der Waals surface area contributed by atoms with E-state index in [1.807, 2.05) is 30.3 Å². The lowest BCUT2D eigenvalue weighted by atomic mass is 9.42. The van der Waals surface area contributed by atoms with Gasteiger partial charge >= 0.3 is 11.9 Å². The number of carbonyl (C=O) groups is 3. The van der Waals surface area contributed by atoms with E-state index in [1.165, 1.54) is 13.0 Å². The molecule has 210 valence electrons. The highest BCUT2D eigenvalue weighted by Gasteiger charge is 2.94. The lowest BCUT2D eigenvalue weighted by molar-refractivity contribution is -0.213. The van der Waals surface area contributed by atoms with Crippen LogP contribution in [0.4, 0.5) is 0 Å². The highest BCUT2D eigenvalue weighted by molar-refractivity contribution is 5.88. The monoisotopic (exact) mass is 538 g/mol. The maximum absolute atomic E-state index is 13.5. The van der Waals surface area contributed by atoms with Crippen LogP contribution in [0, 0.1) is 27.6 Å². The van der Waals surface area contributed by atoms with Crippen molar-refractivity contribution in [3.63, 3.8) is 0 Å². The van der Waals surface area contributed by atoms with Crippen molar-refractivity contribution in [3.8, 4) is 0 Å². The Labute approximate surface area is 228 Å². The van der Waals surface area contributed by atoms with Crippen molar-refractivity contribution in [1.82, 2.24) is 0 Å². The quantitative estimate of drug-likeness (QED) is 0.303. The van der Waals surface area contributed by atoms with E-state index < -0.39 is 69.5 Å². The largest absolute Gasteiger partial charge is 0.459 e. The van der Waals surface area contributed by atoms with E-state index in [4.69, 9.17) is 9.47 Å². The van der Waals surface area contributed by atoms with Crippen LogP contribution in [0.15, 0.2) is 48.6 Å². The van der Waals surface area contributed by atoms with Gasteiger partial charge in [-0.3, -0.25) is 9.59 Å². The van der Waals surface area contributed by atoms with Gasteiger partial charge in [-0.05, 0) is 30.1 Å². The van der Waals surface area contributed by atoms with Crippen LogP contribution in [0.3, 0.4) is 0 Å². The molecule has 0 heterocycles. The number of hydrogen-bond acceptors (Lipinski definition) is 8. The highest BCUT2D eigenvalue weighted by atomic mass is 16.6. The maximum atomic E-state index is 13.5. The first-order valence-electron chi connectivity index (χ1n) is 13.6. The Morgan fingerprint density at radius 3 is 2.36 bits per heavy atom. The van der Waals surface area contributed by atoms with Gasteiger partial charge in [0.2, 0.25) is 0 Å². The predicted octanol–water partition coefficient (Wildman–Crippen LogP) is 2.99. The fourth-order valence-electron chi connectivity index (χ4n) is 9.46. The van der Waals surface area contributed by atoms with Gasteiger partial charge in [0.1, 0.15) is 23.6 Å². The number of esters is 2. The van der Waals surface area contributed by atoms with E-state index >= 15 is 0 Å². The minimum atomic E-state index is -1.89. The van der Waals surface area contributed by atoms with Gasteiger partial charge in [-0.1, -0.05) is 64.6 Å². The first kappa shape index (κ1) is 27.7. The SMILES string of the molecule is C=C1[C@@H](OC(=O)/C=C/c2ccccc2)CC[C@@]2(C)[C@@H](O)[C@H](OC(C)=O)[C@]34[C@H](C)C(=O)C[C@@](O)([C@@H](O)[C@@]132)C4(C)C. The summed E-state index contributed by atoms with van der Waals surface area (Å²) in [5, 5.41) is 36.2. The number of aliphatic hydroxyl groups is 3. The van der Waals surface area contributed by atoms with Crippen molar-refractivity contribution in [3.05, 3.63) is 54.1 Å². The van der Waals surface area contributed by atoms with E-state index in [0.717, 1.165) is 5.56 Å². The zero-order valence-electron chi connectivity index (χ0n) is 23.1. The Morgan fingerprint density at radius 1 is 1.10 bits per heavy atom. The second-order valence-electron chi connectivity index (χ2n) is 12.6. The molecule has 0 aromatic heterocycles. The average molecular weight is 539 g/mol. The molecule has 0 radical (unpaired) electrons. The molecular formula is C31H38O8. The van der Waals surface area contributed by atoms with Crippen LogP contribution >= 0.6 is 0 Å². The molecule has 39 heavy (non-hydrogen) atoms. The zero-order valence-corrected chi connectivity index (χ0v) is 23.1. The van der Waals surface area contributed by atoms with Gasteiger partial charge in [-0.15, -0.1) is 0 Å². The van der Waals surface area contributed by atoms with Crippen molar-refractivity contribution < 1.29 is 39.2 Å².